The maximum Gasteiger partial charge on any atom is 0.410 e. The normalized spacial score (nSPS) is 11.4. The molecule has 6 nitrogen and oxygen atoms in total. The van der Waals surface area contributed by atoms with Crippen molar-refractivity contribution in [3.05, 3.63) is 65.3 Å². The van der Waals surface area contributed by atoms with Gasteiger partial charge in [0, 0.05) is 18.1 Å². The number of hydrogen-bond donors (Lipinski definition) is 0. The van der Waals surface area contributed by atoms with Gasteiger partial charge in [0.25, 0.3) is 0 Å². The van der Waals surface area contributed by atoms with Crippen LogP contribution in [0.1, 0.15) is 26.5 Å². The quantitative estimate of drug-likeness (QED) is 0.510. The Hall–Kier alpha value is -2.58. The summed E-state index contributed by atoms with van der Waals surface area (Å²) in [6.45, 7) is 5.67. The Morgan fingerprint density at radius 3 is 2.67 bits per heavy atom. The van der Waals surface area contributed by atoms with E-state index >= 15 is 0 Å². The van der Waals surface area contributed by atoms with Crippen LogP contribution in [-0.2, 0) is 11.3 Å². The second kappa shape index (κ2) is 9.06. The molecule has 0 spiro atoms. The molecular weight excluding hydrogens is 427 g/mol. The number of carbonyl (C=O) groups excluding carboxylic acids is 1. The summed E-state index contributed by atoms with van der Waals surface area (Å²) in [5.41, 5.74) is 0.723. The minimum atomic E-state index is -0.590. The Labute approximate surface area is 184 Å². The lowest BCUT2D eigenvalue weighted by Gasteiger charge is -2.24. The minimum absolute atomic E-state index is 0.237. The maximum absolute atomic E-state index is 13.6. The Kier molecular flexibility index (Phi) is 6.67. The van der Waals surface area contributed by atoms with Crippen LogP contribution in [-0.4, -0.2) is 38.4 Å². The molecule has 3 rings (SSSR count). The molecule has 0 unspecified atom stereocenters. The van der Waals surface area contributed by atoms with Crippen LogP contribution in [0.3, 0.4) is 0 Å². The molecule has 158 valence electrons. The largest absolute Gasteiger partial charge is 0.444 e. The van der Waals surface area contributed by atoms with Gasteiger partial charge in [-0.1, -0.05) is 35.5 Å². The third-order valence-electron chi connectivity index (χ3n) is 3.81. The van der Waals surface area contributed by atoms with Crippen LogP contribution in [0.25, 0.3) is 5.69 Å². The van der Waals surface area contributed by atoms with Crippen molar-refractivity contribution >= 4 is 29.5 Å². The number of carbonyl (C=O) groups is 1. The molecule has 0 bridgehead atoms. The van der Waals surface area contributed by atoms with E-state index in [-0.39, 0.29) is 6.54 Å². The van der Waals surface area contributed by atoms with Gasteiger partial charge in [-0.2, -0.15) is 5.10 Å². The molecule has 0 radical (unpaired) electrons. The lowest BCUT2D eigenvalue weighted by atomic mass is 10.2. The molecule has 30 heavy (non-hydrogen) atoms. The van der Waals surface area contributed by atoms with E-state index in [4.69, 9.17) is 16.3 Å². The van der Waals surface area contributed by atoms with Crippen LogP contribution < -0.4 is 0 Å². The van der Waals surface area contributed by atoms with Crippen molar-refractivity contribution in [3.8, 4) is 5.69 Å². The molecule has 3 aromatic rings. The molecule has 0 aliphatic rings. The number of halogens is 2. The van der Waals surface area contributed by atoms with Crippen LogP contribution in [0.5, 0.6) is 0 Å². The molecule has 0 atom stereocenters. The summed E-state index contributed by atoms with van der Waals surface area (Å²) < 4.78 is 20.7. The average molecular weight is 449 g/mol. The van der Waals surface area contributed by atoms with Crippen LogP contribution >= 0.6 is 23.4 Å². The molecule has 0 aliphatic carbocycles. The highest BCUT2D eigenvalue weighted by Gasteiger charge is 2.21. The van der Waals surface area contributed by atoms with Gasteiger partial charge in [0.1, 0.15) is 16.4 Å². The molecule has 0 saturated carbocycles. The first-order chi connectivity index (χ1) is 14.1. The Balaban J connectivity index is 1.92. The molecule has 0 aliphatic heterocycles. The summed E-state index contributed by atoms with van der Waals surface area (Å²) in [5.74, 6) is -0.423. The highest BCUT2D eigenvalue weighted by atomic mass is 35.5. The van der Waals surface area contributed by atoms with Crippen molar-refractivity contribution in [2.75, 3.05) is 7.05 Å². The monoisotopic (exact) mass is 448 g/mol. The number of hydrogen-bond acceptors (Lipinski definition) is 5. The minimum Gasteiger partial charge on any atom is -0.444 e. The fraction of sp³-hybridized carbons (Fsp3) is 0.286. The van der Waals surface area contributed by atoms with Crippen LogP contribution in [0, 0.1) is 5.82 Å². The molecule has 0 saturated heterocycles. The second-order valence-electron chi connectivity index (χ2n) is 7.61. The summed E-state index contributed by atoms with van der Waals surface area (Å²) in [6, 6.07) is 10.5. The van der Waals surface area contributed by atoms with E-state index < -0.39 is 17.5 Å². The highest BCUT2D eigenvalue weighted by molar-refractivity contribution is 7.99. The molecule has 0 fully saturated rings. The van der Waals surface area contributed by atoms with Crippen molar-refractivity contribution in [2.45, 2.75) is 42.8 Å². The first kappa shape index (κ1) is 22.1. The number of para-hydroxylation sites is 1. The second-order valence-corrected chi connectivity index (χ2v) is 9.12. The molecule has 1 aromatic carbocycles. The van der Waals surface area contributed by atoms with Gasteiger partial charge in [0.2, 0.25) is 0 Å². The van der Waals surface area contributed by atoms with Crippen molar-refractivity contribution in [3.63, 3.8) is 0 Å². The smallest absolute Gasteiger partial charge is 0.410 e. The first-order valence-electron chi connectivity index (χ1n) is 9.19. The van der Waals surface area contributed by atoms with Gasteiger partial charge in [0.05, 0.1) is 29.1 Å². The summed E-state index contributed by atoms with van der Waals surface area (Å²) in [7, 11) is 1.64. The highest BCUT2D eigenvalue weighted by Crippen LogP contribution is 2.32. The SMILES string of the molecule is CN(Cc1cc(Sc2cncc(F)c2)n(-c2ccccc2Cl)n1)C(=O)OC(C)(C)C. The average Bonchev–Trinajstić information content (AvgIpc) is 3.02. The fourth-order valence-electron chi connectivity index (χ4n) is 2.57. The number of rotatable bonds is 5. The zero-order chi connectivity index (χ0) is 21.9. The number of pyridine rings is 1. The fourth-order valence-corrected chi connectivity index (χ4v) is 3.74. The van der Waals surface area contributed by atoms with Crippen LogP contribution in [0.2, 0.25) is 5.02 Å². The van der Waals surface area contributed by atoms with E-state index in [0.29, 0.717) is 26.3 Å². The summed E-state index contributed by atoms with van der Waals surface area (Å²) >= 11 is 7.67. The van der Waals surface area contributed by atoms with Crippen molar-refractivity contribution in [2.24, 2.45) is 0 Å². The van der Waals surface area contributed by atoms with E-state index in [1.165, 1.54) is 22.7 Å². The molecule has 2 heterocycles. The van der Waals surface area contributed by atoms with Crippen molar-refractivity contribution in [1.82, 2.24) is 19.7 Å². The topological polar surface area (TPSA) is 60.2 Å². The van der Waals surface area contributed by atoms with E-state index in [1.54, 1.807) is 24.0 Å². The third kappa shape index (κ3) is 5.73. The zero-order valence-corrected chi connectivity index (χ0v) is 18.7. The van der Waals surface area contributed by atoms with Gasteiger partial charge in [-0.05, 0) is 45.0 Å². The van der Waals surface area contributed by atoms with E-state index in [1.807, 2.05) is 45.0 Å². The number of nitrogens with zero attached hydrogens (tertiary/aromatic N) is 4. The third-order valence-corrected chi connectivity index (χ3v) is 5.09. The summed E-state index contributed by atoms with van der Waals surface area (Å²) in [4.78, 5) is 18.3. The van der Waals surface area contributed by atoms with Crippen molar-refractivity contribution in [1.29, 1.82) is 0 Å². The molecule has 1 amide bonds. The van der Waals surface area contributed by atoms with E-state index in [0.717, 1.165) is 6.20 Å². The van der Waals surface area contributed by atoms with Gasteiger partial charge in [-0.15, -0.1) is 0 Å². The summed E-state index contributed by atoms with van der Waals surface area (Å²) in [5, 5.41) is 5.86. The number of benzene rings is 1. The lowest BCUT2D eigenvalue weighted by Crippen LogP contribution is -2.33. The predicted molar refractivity (Wildman–Crippen MR) is 115 cm³/mol. The first-order valence-corrected chi connectivity index (χ1v) is 10.4. The number of aromatic nitrogens is 3. The van der Waals surface area contributed by atoms with Gasteiger partial charge in [-0.3, -0.25) is 4.98 Å². The van der Waals surface area contributed by atoms with Crippen LogP contribution in [0.4, 0.5) is 9.18 Å². The van der Waals surface area contributed by atoms with Gasteiger partial charge < -0.3 is 9.64 Å². The Morgan fingerprint density at radius 2 is 2.00 bits per heavy atom. The zero-order valence-electron chi connectivity index (χ0n) is 17.1. The number of ether oxygens (including phenoxy) is 1. The lowest BCUT2D eigenvalue weighted by molar-refractivity contribution is 0.0283. The van der Waals surface area contributed by atoms with Gasteiger partial charge in [0.15, 0.2) is 0 Å². The molecule has 0 N–H and O–H groups in total. The van der Waals surface area contributed by atoms with Gasteiger partial charge >= 0.3 is 6.09 Å². The van der Waals surface area contributed by atoms with Crippen LogP contribution in [0.15, 0.2) is 58.7 Å². The Morgan fingerprint density at radius 1 is 1.27 bits per heavy atom. The Bertz CT molecular complexity index is 1050. The van der Waals surface area contributed by atoms with Crippen molar-refractivity contribution < 1.29 is 13.9 Å². The molecule has 2 aromatic heterocycles. The summed E-state index contributed by atoms with van der Waals surface area (Å²) in [6.07, 6.45) is 2.28. The van der Waals surface area contributed by atoms with E-state index in [9.17, 15) is 9.18 Å². The molecule has 9 heteroatoms. The maximum atomic E-state index is 13.6. The standard InChI is InChI=1S/C21H22ClFN4O2S/c1-21(2,3)29-20(28)26(4)13-15-10-19(30-16-9-14(23)11-24-12-16)27(25-15)18-8-6-5-7-17(18)22/h5-12H,13H2,1-4H3. The number of amides is 1. The molecular formula is C21H22ClFN4O2S. The predicted octanol–water partition coefficient (Wildman–Crippen LogP) is 5.58. The van der Waals surface area contributed by atoms with Gasteiger partial charge in [-0.25, -0.2) is 13.9 Å². The van der Waals surface area contributed by atoms with E-state index in [2.05, 4.69) is 10.1 Å².